The molecule has 1 aromatic carbocycles. The van der Waals surface area contributed by atoms with Gasteiger partial charge in [-0.2, -0.15) is 5.10 Å². The molecule has 0 saturated carbocycles. The van der Waals surface area contributed by atoms with Gasteiger partial charge in [-0.3, -0.25) is 5.32 Å². The van der Waals surface area contributed by atoms with E-state index in [-0.39, 0.29) is 23.2 Å². The standard InChI is InChI=1S/C22H20F2N6O/c1-12(16-8-22(2)6-5-17(27-22)20(16)24)18-10-25-21(29-28-18)15-4-3-14(7-19(15)31)30-11-13(23)9-26-30/h3-7,9-11,16-17,20,27,31H,1,8H2,2H3/t16-,17-,20+,22+/m1/s1. The fraction of sp³-hybridized carbons (Fsp3) is 0.273. The Kier molecular flexibility index (Phi) is 4.44. The number of phenolic OH excluding ortho intramolecular Hbond substituents is 1. The van der Waals surface area contributed by atoms with E-state index < -0.39 is 17.9 Å². The molecule has 1 fully saturated rings. The van der Waals surface area contributed by atoms with Crippen molar-refractivity contribution in [3.8, 4) is 22.8 Å². The molecule has 3 aromatic rings. The summed E-state index contributed by atoms with van der Waals surface area (Å²) in [6, 6.07) is 4.36. The Morgan fingerprint density at radius 2 is 2.16 bits per heavy atom. The molecule has 158 valence electrons. The van der Waals surface area contributed by atoms with Gasteiger partial charge in [0.2, 0.25) is 0 Å². The average molecular weight is 422 g/mol. The second-order valence-corrected chi connectivity index (χ2v) is 8.20. The van der Waals surface area contributed by atoms with E-state index in [9.17, 15) is 13.9 Å². The van der Waals surface area contributed by atoms with Gasteiger partial charge in [0.1, 0.15) is 17.6 Å². The van der Waals surface area contributed by atoms with Crippen LogP contribution in [0.3, 0.4) is 0 Å². The zero-order valence-electron chi connectivity index (χ0n) is 16.7. The molecule has 7 nitrogen and oxygen atoms in total. The topological polar surface area (TPSA) is 88.8 Å². The molecular formula is C22H20F2N6O. The number of hydrogen-bond acceptors (Lipinski definition) is 6. The molecule has 2 aromatic heterocycles. The van der Waals surface area contributed by atoms with E-state index >= 15 is 0 Å². The van der Waals surface area contributed by atoms with Gasteiger partial charge in [-0.1, -0.05) is 18.7 Å². The van der Waals surface area contributed by atoms with Crippen LogP contribution < -0.4 is 5.32 Å². The third kappa shape index (κ3) is 3.40. The molecule has 31 heavy (non-hydrogen) atoms. The summed E-state index contributed by atoms with van der Waals surface area (Å²) in [4.78, 5) is 4.30. The van der Waals surface area contributed by atoms with Crippen LogP contribution in [-0.2, 0) is 0 Å². The molecule has 0 radical (unpaired) electrons. The number of hydrogen-bond donors (Lipinski definition) is 2. The van der Waals surface area contributed by atoms with Gasteiger partial charge in [-0.05, 0) is 31.1 Å². The van der Waals surface area contributed by atoms with Crippen LogP contribution in [-0.4, -0.2) is 47.8 Å². The maximum atomic E-state index is 14.9. The van der Waals surface area contributed by atoms with Gasteiger partial charge in [0, 0.05) is 17.5 Å². The van der Waals surface area contributed by atoms with Crippen LogP contribution in [0, 0.1) is 11.7 Å². The van der Waals surface area contributed by atoms with Crippen molar-refractivity contribution in [2.24, 2.45) is 5.92 Å². The molecule has 0 amide bonds. The summed E-state index contributed by atoms with van der Waals surface area (Å²) in [6.45, 7) is 6.10. The normalized spacial score (nSPS) is 26.9. The van der Waals surface area contributed by atoms with Crippen LogP contribution >= 0.6 is 0 Å². The molecule has 9 heteroatoms. The van der Waals surface area contributed by atoms with E-state index in [1.54, 1.807) is 12.1 Å². The van der Waals surface area contributed by atoms with Gasteiger partial charge in [-0.25, -0.2) is 18.4 Å². The minimum absolute atomic E-state index is 0.0977. The molecule has 2 aliphatic rings. The van der Waals surface area contributed by atoms with Crippen molar-refractivity contribution < 1.29 is 13.9 Å². The first kappa shape index (κ1) is 19.5. The molecule has 4 atom stereocenters. The third-order valence-corrected chi connectivity index (χ3v) is 5.92. The number of piperidine rings is 1. The molecule has 1 saturated heterocycles. The predicted molar refractivity (Wildman–Crippen MR) is 111 cm³/mol. The molecule has 0 spiro atoms. The van der Waals surface area contributed by atoms with Gasteiger partial charge < -0.3 is 5.11 Å². The van der Waals surface area contributed by atoms with Crippen molar-refractivity contribution in [1.82, 2.24) is 30.3 Å². The van der Waals surface area contributed by atoms with E-state index in [0.717, 1.165) is 6.20 Å². The summed E-state index contributed by atoms with van der Waals surface area (Å²) in [7, 11) is 0. The smallest absolute Gasteiger partial charge is 0.185 e. The highest BCUT2D eigenvalue weighted by molar-refractivity contribution is 5.67. The van der Waals surface area contributed by atoms with Crippen molar-refractivity contribution >= 4 is 5.57 Å². The SMILES string of the molecule is C=C(c1cnc(-c2ccc(-n3cc(F)cn3)cc2O)nn1)[C@H]1C[C@]2(C)C=C[C@@H](N2)[C@H]1F. The average Bonchev–Trinajstić information content (AvgIpc) is 3.34. The number of nitrogens with one attached hydrogen (secondary N) is 1. The highest BCUT2D eigenvalue weighted by atomic mass is 19.1. The number of allylic oxidation sites excluding steroid dienone is 1. The minimum atomic E-state index is -1.11. The second-order valence-electron chi connectivity index (χ2n) is 8.20. The van der Waals surface area contributed by atoms with Crippen molar-refractivity contribution in [2.45, 2.75) is 31.1 Å². The van der Waals surface area contributed by atoms with Crippen LogP contribution in [0.5, 0.6) is 5.75 Å². The predicted octanol–water partition coefficient (Wildman–Crippen LogP) is 3.23. The fourth-order valence-corrected chi connectivity index (χ4v) is 4.27. The lowest BCUT2D eigenvalue weighted by atomic mass is 9.78. The van der Waals surface area contributed by atoms with E-state index in [1.165, 1.54) is 23.1 Å². The maximum absolute atomic E-state index is 14.9. The molecule has 2 bridgehead atoms. The number of rotatable bonds is 4. The summed E-state index contributed by atoms with van der Waals surface area (Å²) >= 11 is 0. The van der Waals surface area contributed by atoms with Crippen LogP contribution in [0.1, 0.15) is 19.0 Å². The molecule has 2 N–H and O–H groups in total. The first-order valence-corrected chi connectivity index (χ1v) is 9.87. The number of aromatic nitrogens is 5. The Labute approximate surface area is 177 Å². The van der Waals surface area contributed by atoms with Crippen molar-refractivity contribution in [2.75, 3.05) is 0 Å². The monoisotopic (exact) mass is 422 g/mol. The Morgan fingerprint density at radius 3 is 2.84 bits per heavy atom. The van der Waals surface area contributed by atoms with Crippen molar-refractivity contribution in [3.63, 3.8) is 0 Å². The number of halogens is 2. The van der Waals surface area contributed by atoms with Gasteiger partial charge in [0.05, 0.1) is 35.9 Å². The quantitative estimate of drug-likeness (QED) is 0.628. The highest BCUT2D eigenvalue weighted by Gasteiger charge is 2.46. The summed E-state index contributed by atoms with van der Waals surface area (Å²) in [5.41, 5.74) is 1.57. The lowest BCUT2D eigenvalue weighted by molar-refractivity contribution is 0.146. The molecular weight excluding hydrogens is 402 g/mol. The van der Waals surface area contributed by atoms with Crippen LogP contribution in [0.2, 0.25) is 0 Å². The van der Waals surface area contributed by atoms with Crippen LogP contribution in [0.15, 0.2) is 55.5 Å². The Morgan fingerprint density at radius 1 is 1.32 bits per heavy atom. The highest BCUT2D eigenvalue weighted by Crippen LogP contribution is 2.41. The summed E-state index contributed by atoms with van der Waals surface area (Å²) in [5, 5.41) is 25.8. The third-order valence-electron chi connectivity index (χ3n) is 5.92. The van der Waals surface area contributed by atoms with Crippen molar-refractivity contribution in [3.05, 3.63) is 67.0 Å². The fourth-order valence-electron chi connectivity index (χ4n) is 4.27. The Hall–Kier alpha value is -3.46. The first-order valence-electron chi connectivity index (χ1n) is 9.87. The number of nitrogens with zero attached hydrogens (tertiary/aromatic N) is 5. The van der Waals surface area contributed by atoms with Gasteiger partial charge in [-0.15, -0.1) is 10.2 Å². The molecule has 0 unspecified atom stereocenters. The van der Waals surface area contributed by atoms with Crippen LogP contribution in [0.25, 0.3) is 22.6 Å². The van der Waals surface area contributed by atoms with E-state index in [2.05, 4.69) is 32.2 Å². The lowest BCUT2D eigenvalue weighted by Crippen LogP contribution is -2.54. The first-order chi connectivity index (χ1) is 14.8. The van der Waals surface area contributed by atoms with E-state index in [0.29, 0.717) is 28.9 Å². The lowest BCUT2D eigenvalue weighted by Gasteiger charge is -2.39. The van der Waals surface area contributed by atoms with E-state index in [1.807, 2.05) is 19.1 Å². The second kappa shape index (κ2) is 7.05. The van der Waals surface area contributed by atoms with Gasteiger partial charge in [0.15, 0.2) is 11.6 Å². The number of benzene rings is 1. The molecule has 2 aliphatic heterocycles. The number of alkyl halides is 1. The maximum Gasteiger partial charge on any atom is 0.185 e. The Bertz CT molecular complexity index is 1190. The zero-order valence-corrected chi connectivity index (χ0v) is 16.7. The van der Waals surface area contributed by atoms with E-state index in [4.69, 9.17) is 0 Å². The number of phenols is 1. The Balaban J connectivity index is 1.37. The largest absolute Gasteiger partial charge is 0.507 e. The molecule has 0 aliphatic carbocycles. The number of fused-ring (bicyclic) bond motifs is 2. The van der Waals surface area contributed by atoms with Crippen LogP contribution in [0.4, 0.5) is 8.78 Å². The zero-order chi connectivity index (χ0) is 21.8. The number of aromatic hydroxyl groups is 1. The van der Waals surface area contributed by atoms with Crippen molar-refractivity contribution in [1.29, 1.82) is 0 Å². The summed E-state index contributed by atoms with van der Waals surface area (Å²) in [5.74, 6) is -0.757. The van der Waals surface area contributed by atoms with Gasteiger partial charge in [0.25, 0.3) is 0 Å². The van der Waals surface area contributed by atoms with Gasteiger partial charge >= 0.3 is 0 Å². The molecule has 5 rings (SSSR count). The summed E-state index contributed by atoms with van der Waals surface area (Å²) in [6.07, 6.45) is 7.12. The molecule has 4 heterocycles. The summed E-state index contributed by atoms with van der Waals surface area (Å²) < 4.78 is 29.4. The minimum Gasteiger partial charge on any atom is -0.507 e.